The highest BCUT2D eigenvalue weighted by molar-refractivity contribution is 5.86. The molecule has 0 spiro atoms. The van der Waals surface area contributed by atoms with Gasteiger partial charge in [0.25, 0.3) is 0 Å². The molecule has 0 atom stereocenters. The zero-order valence-corrected chi connectivity index (χ0v) is 10.7. The molecule has 0 aliphatic carbocycles. The van der Waals surface area contributed by atoms with Gasteiger partial charge in [-0.05, 0) is 31.4 Å². The van der Waals surface area contributed by atoms with Gasteiger partial charge in [0, 0.05) is 24.7 Å². The molecule has 0 radical (unpaired) electrons. The lowest BCUT2D eigenvalue weighted by Crippen LogP contribution is -2.37. The van der Waals surface area contributed by atoms with Crippen molar-refractivity contribution >= 4 is 17.0 Å². The average molecular weight is 256 g/mol. The number of aromatic nitrogens is 1. The van der Waals surface area contributed by atoms with Crippen LogP contribution < -0.4 is 4.74 Å². The Hall–Kier alpha value is -2.10. The van der Waals surface area contributed by atoms with Crippen LogP contribution in [0.3, 0.4) is 0 Å². The Bertz CT molecular complexity index is 586. The fourth-order valence-electron chi connectivity index (χ4n) is 2.39. The van der Waals surface area contributed by atoms with Crippen LogP contribution in [0.2, 0.25) is 0 Å². The van der Waals surface area contributed by atoms with Gasteiger partial charge in [-0.1, -0.05) is 18.2 Å². The molecule has 4 heteroatoms. The second kappa shape index (κ2) is 5.26. The Morgan fingerprint density at radius 2 is 1.89 bits per heavy atom. The minimum Gasteiger partial charge on any atom is -0.408 e. The number of hydrogen-bond acceptors (Lipinski definition) is 3. The second-order valence-electron chi connectivity index (χ2n) is 4.75. The predicted molar refractivity (Wildman–Crippen MR) is 73.2 cm³/mol. The molecule has 1 saturated heterocycles. The van der Waals surface area contributed by atoms with Gasteiger partial charge in [-0.3, -0.25) is 4.98 Å². The maximum absolute atomic E-state index is 12.1. The Kier molecular flexibility index (Phi) is 3.31. The molecule has 0 bridgehead atoms. The van der Waals surface area contributed by atoms with Crippen LogP contribution in [0.1, 0.15) is 19.3 Å². The van der Waals surface area contributed by atoms with E-state index in [9.17, 15) is 4.79 Å². The lowest BCUT2D eigenvalue weighted by molar-refractivity contribution is 0.143. The van der Waals surface area contributed by atoms with Crippen molar-refractivity contribution in [2.75, 3.05) is 13.1 Å². The minimum atomic E-state index is -0.266. The standard InChI is InChI=1S/C15H16N2O2/c18-15(17-10-2-1-3-11-17)19-13-8-4-6-12-7-5-9-16-14(12)13/h4-9H,1-3,10-11H2. The summed E-state index contributed by atoms with van der Waals surface area (Å²) >= 11 is 0. The van der Waals surface area contributed by atoms with E-state index in [4.69, 9.17) is 4.74 Å². The van der Waals surface area contributed by atoms with Crippen molar-refractivity contribution in [1.82, 2.24) is 9.88 Å². The largest absolute Gasteiger partial charge is 0.415 e. The van der Waals surface area contributed by atoms with Crippen LogP contribution in [0, 0.1) is 0 Å². The molecule has 0 unspecified atom stereocenters. The molecular weight excluding hydrogens is 240 g/mol. The monoisotopic (exact) mass is 256 g/mol. The predicted octanol–water partition coefficient (Wildman–Crippen LogP) is 3.22. The summed E-state index contributed by atoms with van der Waals surface area (Å²) in [4.78, 5) is 18.1. The molecule has 3 rings (SSSR count). The summed E-state index contributed by atoms with van der Waals surface area (Å²) in [5, 5.41) is 0.978. The van der Waals surface area contributed by atoms with E-state index in [0.29, 0.717) is 5.75 Å². The first-order valence-corrected chi connectivity index (χ1v) is 6.65. The van der Waals surface area contributed by atoms with E-state index in [2.05, 4.69) is 4.98 Å². The number of amides is 1. The third-order valence-corrected chi connectivity index (χ3v) is 3.41. The summed E-state index contributed by atoms with van der Waals surface area (Å²) < 4.78 is 5.49. The van der Waals surface area contributed by atoms with Gasteiger partial charge >= 0.3 is 6.09 Å². The van der Waals surface area contributed by atoms with Crippen molar-refractivity contribution in [3.63, 3.8) is 0 Å². The quantitative estimate of drug-likeness (QED) is 0.786. The Balaban J connectivity index is 1.82. The topological polar surface area (TPSA) is 42.4 Å². The van der Waals surface area contributed by atoms with Gasteiger partial charge in [-0.25, -0.2) is 4.79 Å². The molecule has 1 aliphatic heterocycles. The third-order valence-electron chi connectivity index (χ3n) is 3.41. The minimum absolute atomic E-state index is 0.266. The number of pyridine rings is 1. The SMILES string of the molecule is O=C(Oc1cccc2cccnc12)N1CCCCC1. The molecule has 1 amide bonds. The molecule has 4 nitrogen and oxygen atoms in total. The van der Waals surface area contributed by atoms with Crippen LogP contribution in [0.4, 0.5) is 4.79 Å². The van der Waals surface area contributed by atoms with Gasteiger partial charge in [0.05, 0.1) is 0 Å². The number of para-hydroxylation sites is 1. The zero-order chi connectivity index (χ0) is 13.1. The van der Waals surface area contributed by atoms with E-state index in [1.165, 1.54) is 6.42 Å². The van der Waals surface area contributed by atoms with E-state index in [-0.39, 0.29) is 6.09 Å². The fourth-order valence-corrected chi connectivity index (χ4v) is 2.39. The highest BCUT2D eigenvalue weighted by atomic mass is 16.6. The van der Waals surface area contributed by atoms with Crippen molar-refractivity contribution < 1.29 is 9.53 Å². The molecule has 0 N–H and O–H groups in total. The van der Waals surface area contributed by atoms with Crippen molar-refractivity contribution in [1.29, 1.82) is 0 Å². The van der Waals surface area contributed by atoms with E-state index < -0.39 is 0 Å². The first-order valence-electron chi connectivity index (χ1n) is 6.65. The van der Waals surface area contributed by atoms with Crippen molar-refractivity contribution in [2.45, 2.75) is 19.3 Å². The van der Waals surface area contributed by atoms with Crippen molar-refractivity contribution in [3.8, 4) is 5.75 Å². The number of hydrogen-bond donors (Lipinski definition) is 0. The Morgan fingerprint density at radius 3 is 2.74 bits per heavy atom. The van der Waals surface area contributed by atoms with Gasteiger partial charge < -0.3 is 9.64 Å². The third kappa shape index (κ3) is 2.52. The molecule has 1 aromatic heterocycles. The van der Waals surface area contributed by atoms with Crippen LogP contribution in [-0.4, -0.2) is 29.1 Å². The normalized spacial score (nSPS) is 15.5. The molecular formula is C15H16N2O2. The smallest absolute Gasteiger partial charge is 0.408 e. The first kappa shape index (κ1) is 12.0. The van der Waals surface area contributed by atoms with E-state index in [0.717, 1.165) is 36.8 Å². The van der Waals surface area contributed by atoms with Crippen molar-refractivity contribution in [2.24, 2.45) is 0 Å². The summed E-state index contributed by atoms with van der Waals surface area (Å²) in [6.45, 7) is 1.58. The molecule has 98 valence electrons. The number of rotatable bonds is 1. The number of piperidine rings is 1. The number of carbonyl (C=O) groups is 1. The average Bonchev–Trinajstić information content (AvgIpc) is 2.48. The van der Waals surface area contributed by atoms with Crippen molar-refractivity contribution in [3.05, 3.63) is 36.5 Å². The van der Waals surface area contributed by atoms with Gasteiger partial charge in [-0.15, -0.1) is 0 Å². The van der Waals surface area contributed by atoms with Gasteiger partial charge in [0.2, 0.25) is 0 Å². The number of nitrogens with zero attached hydrogens (tertiary/aromatic N) is 2. The lowest BCUT2D eigenvalue weighted by atomic mass is 10.1. The summed E-state index contributed by atoms with van der Waals surface area (Å²) in [5.41, 5.74) is 0.732. The lowest BCUT2D eigenvalue weighted by Gasteiger charge is -2.25. The van der Waals surface area contributed by atoms with Crippen LogP contribution >= 0.6 is 0 Å². The molecule has 2 aromatic rings. The molecule has 0 saturated carbocycles. The number of carbonyl (C=O) groups excluding carboxylic acids is 1. The Morgan fingerprint density at radius 1 is 1.11 bits per heavy atom. The summed E-state index contributed by atoms with van der Waals surface area (Å²) in [6.07, 6.45) is 4.75. The highest BCUT2D eigenvalue weighted by Crippen LogP contribution is 2.24. The molecule has 19 heavy (non-hydrogen) atoms. The van der Waals surface area contributed by atoms with Crippen LogP contribution in [-0.2, 0) is 0 Å². The first-order chi connectivity index (χ1) is 9.34. The van der Waals surface area contributed by atoms with Gasteiger partial charge in [-0.2, -0.15) is 0 Å². The maximum atomic E-state index is 12.1. The summed E-state index contributed by atoms with van der Waals surface area (Å²) in [5.74, 6) is 0.536. The van der Waals surface area contributed by atoms with E-state index in [1.54, 1.807) is 17.2 Å². The molecule has 1 aromatic carbocycles. The highest BCUT2D eigenvalue weighted by Gasteiger charge is 2.19. The van der Waals surface area contributed by atoms with E-state index in [1.807, 2.05) is 24.3 Å². The molecule has 1 aliphatic rings. The zero-order valence-electron chi connectivity index (χ0n) is 10.7. The summed E-state index contributed by atoms with van der Waals surface area (Å²) in [7, 11) is 0. The molecule has 1 fully saturated rings. The molecule has 2 heterocycles. The van der Waals surface area contributed by atoms with E-state index >= 15 is 0 Å². The van der Waals surface area contributed by atoms with Gasteiger partial charge in [0.1, 0.15) is 5.52 Å². The second-order valence-corrected chi connectivity index (χ2v) is 4.75. The van der Waals surface area contributed by atoms with Gasteiger partial charge in [0.15, 0.2) is 5.75 Å². The number of fused-ring (bicyclic) bond motifs is 1. The Labute approximate surface area is 112 Å². The van der Waals surface area contributed by atoms with Crippen LogP contribution in [0.5, 0.6) is 5.75 Å². The van der Waals surface area contributed by atoms with Crippen LogP contribution in [0.25, 0.3) is 10.9 Å². The summed E-state index contributed by atoms with van der Waals surface area (Å²) in [6, 6.07) is 9.46. The number of likely N-dealkylation sites (tertiary alicyclic amines) is 1. The fraction of sp³-hybridized carbons (Fsp3) is 0.333. The number of ether oxygens (including phenoxy) is 1. The van der Waals surface area contributed by atoms with Crippen LogP contribution in [0.15, 0.2) is 36.5 Å². The number of benzene rings is 1. The maximum Gasteiger partial charge on any atom is 0.415 e.